The number of thioether (sulfide) groups is 1. The summed E-state index contributed by atoms with van der Waals surface area (Å²) in [6.45, 7) is 2.08. The summed E-state index contributed by atoms with van der Waals surface area (Å²) in [6, 6.07) is 21.5. The maximum absolute atomic E-state index is 14.2. The standard InChI is InChI=1S/C28H25FN2O4S/c1-2-35-26(32)13-8-18-36-23-16-14-22(15-17-23)30-28(34)25(19-21-11-6-7-12-24(21)29)31-27(33)20-9-4-3-5-10-20/h3-17,19H,2,18H2,1H3,(H,30,34)(H,31,33)/b13-8+,25-19-. The number of esters is 1. The van der Waals surface area contributed by atoms with Crippen molar-refractivity contribution in [1.82, 2.24) is 5.32 Å². The number of anilines is 1. The molecule has 3 aromatic carbocycles. The number of carbonyl (C=O) groups excluding carboxylic acids is 3. The van der Waals surface area contributed by atoms with Crippen LogP contribution >= 0.6 is 11.8 Å². The molecule has 3 aromatic rings. The lowest BCUT2D eigenvalue weighted by Gasteiger charge is -2.12. The van der Waals surface area contributed by atoms with Crippen LogP contribution in [0.1, 0.15) is 22.8 Å². The maximum atomic E-state index is 14.2. The fourth-order valence-corrected chi connectivity index (χ4v) is 3.72. The smallest absolute Gasteiger partial charge is 0.330 e. The van der Waals surface area contributed by atoms with Gasteiger partial charge in [0.1, 0.15) is 11.5 Å². The third kappa shape index (κ3) is 8.25. The van der Waals surface area contributed by atoms with Crippen molar-refractivity contribution in [2.24, 2.45) is 0 Å². The molecule has 0 unspecified atom stereocenters. The number of rotatable bonds is 10. The number of amides is 2. The van der Waals surface area contributed by atoms with Crippen LogP contribution in [0.2, 0.25) is 0 Å². The molecule has 0 saturated carbocycles. The molecule has 0 radical (unpaired) electrons. The summed E-state index contributed by atoms with van der Waals surface area (Å²) in [5.41, 5.74) is 0.929. The van der Waals surface area contributed by atoms with Crippen molar-refractivity contribution in [2.75, 3.05) is 17.7 Å². The van der Waals surface area contributed by atoms with E-state index >= 15 is 0 Å². The van der Waals surface area contributed by atoms with Crippen LogP contribution < -0.4 is 10.6 Å². The Bertz CT molecular complexity index is 1260. The molecule has 0 atom stereocenters. The molecule has 0 aromatic heterocycles. The molecule has 8 heteroatoms. The van der Waals surface area contributed by atoms with Crippen LogP contribution in [-0.2, 0) is 14.3 Å². The van der Waals surface area contributed by atoms with Gasteiger partial charge in [0.2, 0.25) is 0 Å². The van der Waals surface area contributed by atoms with E-state index in [-0.39, 0.29) is 17.2 Å². The van der Waals surface area contributed by atoms with Gasteiger partial charge in [0.05, 0.1) is 6.61 Å². The molecule has 0 saturated heterocycles. The highest BCUT2D eigenvalue weighted by Crippen LogP contribution is 2.21. The summed E-state index contributed by atoms with van der Waals surface area (Å²) >= 11 is 1.51. The van der Waals surface area contributed by atoms with Crippen molar-refractivity contribution in [3.05, 3.63) is 114 Å². The van der Waals surface area contributed by atoms with Crippen molar-refractivity contribution < 1.29 is 23.5 Å². The van der Waals surface area contributed by atoms with E-state index in [9.17, 15) is 18.8 Å². The van der Waals surface area contributed by atoms with Gasteiger partial charge in [0, 0.05) is 33.5 Å². The van der Waals surface area contributed by atoms with Crippen molar-refractivity contribution in [2.45, 2.75) is 11.8 Å². The molecule has 0 bridgehead atoms. The van der Waals surface area contributed by atoms with Crippen molar-refractivity contribution in [1.29, 1.82) is 0 Å². The first-order valence-electron chi connectivity index (χ1n) is 11.2. The highest BCUT2D eigenvalue weighted by Gasteiger charge is 2.16. The lowest BCUT2D eigenvalue weighted by molar-refractivity contribution is -0.137. The predicted octanol–water partition coefficient (Wildman–Crippen LogP) is 5.45. The van der Waals surface area contributed by atoms with E-state index < -0.39 is 17.6 Å². The largest absolute Gasteiger partial charge is 0.463 e. The van der Waals surface area contributed by atoms with Crippen molar-refractivity contribution in [3.8, 4) is 0 Å². The molecule has 0 spiro atoms. The first kappa shape index (κ1) is 26.4. The molecule has 6 nitrogen and oxygen atoms in total. The Balaban J connectivity index is 1.70. The van der Waals surface area contributed by atoms with Crippen LogP contribution in [0, 0.1) is 5.82 Å². The summed E-state index contributed by atoms with van der Waals surface area (Å²) in [6.07, 6.45) is 4.40. The van der Waals surface area contributed by atoms with Crippen LogP contribution in [0.4, 0.5) is 10.1 Å². The van der Waals surface area contributed by atoms with Crippen molar-refractivity contribution in [3.63, 3.8) is 0 Å². The van der Waals surface area contributed by atoms with E-state index in [4.69, 9.17) is 4.74 Å². The van der Waals surface area contributed by atoms with Gasteiger partial charge in [-0.2, -0.15) is 0 Å². The zero-order valence-corrected chi connectivity index (χ0v) is 20.4. The summed E-state index contributed by atoms with van der Waals surface area (Å²) in [5, 5.41) is 5.32. The molecule has 36 heavy (non-hydrogen) atoms. The molecule has 2 N–H and O–H groups in total. The van der Waals surface area contributed by atoms with Gasteiger partial charge in [-0.1, -0.05) is 42.5 Å². The summed E-state index contributed by atoms with van der Waals surface area (Å²) in [7, 11) is 0. The van der Waals surface area contributed by atoms with E-state index in [2.05, 4.69) is 10.6 Å². The fourth-order valence-electron chi connectivity index (χ4n) is 3.00. The Labute approximate surface area is 213 Å². The lowest BCUT2D eigenvalue weighted by atomic mass is 10.1. The fraction of sp³-hybridized carbons (Fsp3) is 0.107. The van der Waals surface area contributed by atoms with E-state index in [1.165, 1.54) is 36.0 Å². The maximum Gasteiger partial charge on any atom is 0.330 e. The van der Waals surface area contributed by atoms with E-state index in [1.807, 2.05) is 12.1 Å². The third-order valence-electron chi connectivity index (χ3n) is 4.73. The van der Waals surface area contributed by atoms with Gasteiger partial charge in [-0.25, -0.2) is 9.18 Å². The molecule has 0 aliphatic carbocycles. The number of nitrogens with one attached hydrogen (secondary N) is 2. The molecule has 2 amide bonds. The Hall–Kier alpha value is -4.17. The average molecular weight is 505 g/mol. The Morgan fingerprint density at radius 3 is 2.33 bits per heavy atom. The van der Waals surface area contributed by atoms with Gasteiger partial charge < -0.3 is 15.4 Å². The normalized spacial score (nSPS) is 11.2. The van der Waals surface area contributed by atoms with Crippen molar-refractivity contribution >= 4 is 41.3 Å². The minimum atomic E-state index is -0.597. The molecule has 0 heterocycles. The van der Waals surface area contributed by atoms with E-state index in [0.717, 1.165) is 4.90 Å². The highest BCUT2D eigenvalue weighted by molar-refractivity contribution is 7.99. The first-order chi connectivity index (χ1) is 17.5. The zero-order valence-electron chi connectivity index (χ0n) is 19.6. The molecule has 3 rings (SSSR count). The number of hydrogen-bond acceptors (Lipinski definition) is 5. The van der Waals surface area contributed by atoms with E-state index in [0.29, 0.717) is 23.6 Å². The number of carbonyl (C=O) groups is 3. The van der Waals surface area contributed by atoms with Gasteiger partial charge in [0.25, 0.3) is 11.8 Å². The van der Waals surface area contributed by atoms with Gasteiger partial charge in [0.15, 0.2) is 0 Å². The van der Waals surface area contributed by atoms with Gasteiger partial charge >= 0.3 is 5.97 Å². The van der Waals surface area contributed by atoms with Crippen LogP contribution in [0.3, 0.4) is 0 Å². The van der Waals surface area contributed by atoms with Gasteiger partial charge in [-0.3, -0.25) is 9.59 Å². The van der Waals surface area contributed by atoms with Crippen LogP contribution in [0.25, 0.3) is 6.08 Å². The monoisotopic (exact) mass is 504 g/mol. The van der Waals surface area contributed by atoms with Gasteiger partial charge in [-0.15, -0.1) is 11.8 Å². The first-order valence-corrected chi connectivity index (χ1v) is 12.1. The number of hydrogen-bond donors (Lipinski definition) is 2. The highest BCUT2D eigenvalue weighted by atomic mass is 32.2. The summed E-state index contributed by atoms with van der Waals surface area (Å²) in [4.78, 5) is 38.0. The van der Waals surface area contributed by atoms with Gasteiger partial charge in [-0.05, 0) is 55.5 Å². The molecule has 0 aliphatic heterocycles. The SMILES string of the molecule is CCOC(=O)/C=C/CSc1ccc(NC(=O)/C(=C/c2ccccc2F)NC(=O)c2ccccc2)cc1. The van der Waals surface area contributed by atoms with Crippen LogP contribution in [0.15, 0.2) is 102 Å². The topological polar surface area (TPSA) is 84.5 Å². The van der Waals surface area contributed by atoms with Crippen LogP contribution in [0.5, 0.6) is 0 Å². The van der Waals surface area contributed by atoms with Crippen LogP contribution in [-0.4, -0.2) is 30.1 Å². The quantitative estimate of drug-likeness (QED) is 0.218. The molecule has 0 aliphatic rings. The number of halogens is 1. The Morgan fingerprint density at radius 2 is 1.64 bits per heavy atom. The summed E-state index contributed by atoms with van der Waals surface area (Å²) < 4.78 is 19.1. The second-order valence-corrected chi connectivity index (χ2v) is 8.44. The minimum Gasteiger partial charge on any atom is -0.463 e. The number of benzene rings is 3. The summed E-state index contributed by atoms with van der Waals surface area (Å²) in [5.74, 6) is -1.41. The van der Waals surface area contributed by atoms with E-state index in [1.54, 1.807) is 67.6 Å². The Morgan fingerprint density at radius 1 is 0.944 bits per heavy atom. The molecule has 184 valence electrons. The predicted molar refractivity (Wildman–Crippen MR) is 140 cm³/mol. The number of ether oxygens (including phenoxy) is 1. The zero-order chi connectivity index (χ0) is 25.8. The molecule has 0 fully saturated rings. The third-order valence-corrected chi connectivity index (χ3v) is 5.70. The second-order valence-electron chi connectivity index (χ2n) is 7.34. The second kappa shape index (κ2) is 13.7. The lowest BCUT2D eigenvalue weighted by Crippen LogP contribution is -2.30. The molecular formula is C28H25FN2O4S. The Kier molecular flexibility index (Phi) is 10.0. The average Bonchev–Trinajstić information content (AvgIpc) is 2.89. The molecular weight excluding hydrogens is 479 g/mol. The minimum absolute atomic E-state index is 0.100.